The van der Waals surface area contributed by atoms with Crippen LogP contribution in [0.1, 0.15) is 42.2 Å². The molecule has 5 N–H and O–H groups in total. The van der Waals surface area contributed by atoms with Gasteiger partial charge in [0.1, 0.15) is 46.8 Å². The van der Waals surface area contributed by atoms with Gasteiger partial charge in [0.2, 0.25) is 5.78 Å². The van der Waals surface area contributed by atoms with Gasteiger partial charge in [0, 0.05) is 12.1 Å². The lowest BCUT2D eigenvalue weighted by atomic mass is 9.91. The molecule has 1 atom stereocenters. The average molecular weight is 450 g/mol. The SMILES string of the molecule is COC(=O)c1cc(C)c(C(=O)OCC(O)CO)c(OC)c1C(=O)c1c(O)cc(O)cc1O. The molecule has 11 nitrogen and oxygen atoms in total. The predicted octanol–water partition coefficient (Wildman–Crippen LogP) is 0.648. The molecule has 0 aromatic heterocycles. The number of carbonyl (C=O) groups excluding carboxylic acids is 3. The summed E-state index contributed by atoms with van der Waals surface area (Å²) >= 11 is 0. The van der Waals surface area contributed by atoms with Gasteiger partial charge in [-0.2, -0.15) is 0 Å². The van der Waals surface area contributed by atoms with Crippen LogP contribution in [0.5, 0.6) is 23.0 Å². The number of hydrogen-bond acceptors (Lipinski definition) is 11. The number of ether oxygens (including phenoxy) is 3. The molecule has 0 spiro atoms. The van der Waals surface area contributed by atoms with E-state index in [1.807, 2.05) is 0 Å². The molecule has 2 rings (SSSR count). The molecule has 0 amide bonds. The molecule has 0 saturated carbocycles. The van der Waals surface area contributed by atoms with Crippen molar-refractivity contribution in [1.29, 1.82) is 0 Å². The van der Waals surface area contributed by atoms with Gasteiger partial charge in [-0.1, -0.05) is 0 Å². The van der Waals surface area contributed by atoms with Crippen molar-refractivity contribution in [1.82, 2.24) is 0 Å². The highest BCUT2D eigenvalue weighted by molar-refractivity contribution is 6.20. The number of aliphatic hydroxyl groups is 2. The number of phenols is 3. The van der Waals surface area contributed by atoms with Gasteiger partial charge in [-0.3, -0.25) is 4.79 Å². The van der Waals surface area contributed by atoms with Crippen LogP contribution in [0.4, 0.5) is 0 Å². The third kappa shape index (κ3) is 4.74. The molecule has 0 fully saturated rings. The predicted molar refractivity (Wildman–Crippen MR) is 107 cm³/mol. The third-order valence-corrected chi connectivity index (χ3v) is 4.45. The molecule has 0 saturated heterocycles. The summed E-state index contributed by atoms with van der Waals surface area (Å²) in [5.74, 6) is -5.62. The van der Waals surface area contributed by atoms with E-state index >= 15 is 0 Å². The Morgan fingerprint density at radius 1 is 0.938 bits per heavy atom. The highest BCUT2D eigenvalue weighted by Gasteiger charge is 2.33. The van der Waals surface area contributed by atoms with Crippen LogP contribution in [0.2, 0.25) is 0 Å². The van der Waals surface area contributed by atoms with Gasteiger partial charge < -0.3 is 39.7 Å². The van der Waals surface area contributed by atoms with Crippen molar-refractivity contribution in [3.05, 3.63) is 46.0 Å². The van der Waals surface area contributed by atoms with Crippen LogP contribution in [0.15, 0.2) is 18.2 Å². The number of benzene rings is 2. The van der Waals surface area contributed by atoms with E-state index in [4.69, 9.17) is 19.3 Å². The van der Waals surface area contributed by atoms with E-state index < -0.39 is 71.2 Å². The summed E-state index contributed by atoms with van der Waals surface area (Å²) < 4.78 is 14.9. The van der Waals surface area contributed by atoms with Crippen molar-refractivity contribution < 1.29 is 54.1 Å². The fourth-order valence-electron chi connectivity index (χ4n) is 2.99. The van der Waals surface area contributed by atoms with Crippen LogP contribution >= 0.6 is 0 Å². The minimum atomic E-state index is -1.34. The first-order chi connectivity index (χ1) is 15.1. The van der Waals surface area contributed by atoms with E-state index in [2.05, 4.69) is 0 Å². The number of phenolic OH excluding ortho intramolecular Hbond substituents is 3. The van der Waals surface area contributed by atoms with Gasteiger partial charge in [-0.05, 0) is 18.6 Å². The Morgan fingerprint density at radius 3 is 2.03 bits per heavy atom. The second kappa shape index (κ2) is 9.98. The molecule has 2 aromatic carbocycles. The minimum Gasteiger partial charge on any atom is -0.508 e. The summed E-state index contributed by atoms with van der Waals surface area (Å²) in [7, 11) is 2.18. The molecule has 0 aliphatic heterocycles. The van der Waals surface area contributed by atoms with Crippen LogP contribution in [0.25, 0.3) is 0 Å². The standard InChI is InChI=1S/C21H22O11/c1-9-4-12(20(28)31-3)16(18(27)17-13(25)5-10(23)6-14(17)26)19(30-2)15(9)21(29)32-8-11(24)7-22/h4-6,11,22-26H,7-8H2,1-3H3. The smallest absolute Gasteiger partial charge is 0.342 e. The van der Waals surface area contributed by atoms with Crippen molar-refractivity contribution in [2.24, 2.45) is 0 Å². The fourth-order valence-corrected chi connectivity index (χ4v) is 2.99. The van der Waals surface area contributed by atoms with Crippen molar-refractivity contribution >= 4 is 17.7 Å². The van der Waals surface area contributed by atoms with Crippen molar-refractivity contribution in [3.63, 3.8) is 0 Å². The second-order valence-electron chi connectivity index (χ2n) is 6.64. The maximum Gasteiger partial charge on any atom is 0.342 e. The fraction of sp³-hybridized carbons (Fsp3) is 0.286. The van der Waals surface area contributed by atoms with Crippen LogP contribution in [-0.2, 0) is 9.47 Å². The molecule has 0 bridgehead atoms. The number of aryl methyl sites for hydroxylation is 1. The van der Waals surface area contributed by atoms with Crippen molar-refractivity contribution in [2.75, 3.05) is 27.4 Å². The highest BCUT2D eigenvalue weighted by atomic mass is 16.5. The van der Waals surface area contributed by atoms with E-state index in [-0.39, 0.29) is 16.7 Å². The molecule has 0 aliphatic rings. The molecule has 172 valence electrons. The zero-order valence-corrected chi connectivity index (χ0v) is 17.4. The van der Waals surface area contributed by atoms with E-state index in [0.29, 0.717) is 0 Å². The lowest BCUT2D eigenvalue weighted by molar-refractivity contribution is 0.00903. The second-order valence-corrected chi connectivity index (χ2v) is 6.64. The summed E-state index contributed by atoms with van der Waals surface area (Å²) in [5, 5.41) is 48.0. The first-order valence-electron chi connectivity index (χ1n) is 9.12. The monoisotopic (exact) mass is 450 g/mol. The summed E-state index contributed by atoms with van der Waals surface area (Å²) in [6.07, 6.45) is -1.34. The first kappa shape index (κ1) is 24.4. The third-order valence-electron chi connectivity index (χ3n) is 4.45. The molecule has 32 heavy (non-hydrogen) atoms. The Morgan fingerprint density at radius 2 is 1.53 bits per heavy atom. The largest absolute Gasteiger partial charge is 0.508 e. The van der Waals surface area contributed by atoms with E-state index in [0.717, 1.165) is 32.4 Å². The van der Waals surface area contributed by atoms with Crippen LogP contribution in [0, 0.1) is 6.92 Å². The van der Waals surface area contributed by atoms with Crippen LogP contribution < -0.4 is 4.74 Å². The number of carbonyl (C=O) groups is 3. The number of methoxy groups -OCH3 is 2. The molecule has 0 heterocycles. The molecule has 11 heteroatoms. The van der Waals surface area contributed by atoms with Crippen molar-refractivity contribution in [3.8, 4) is 23.0 Å². The zero-order valence-electron chi connectivity index (χ0n) is 17.4. The first-order valence-corrected chi connectivity index (χ1v) is 9.12. The molecule has 1 unspecified atom stereocenters. The number of rotatable bonds is 8. The lowest BCUT2D eigenvalue weighted by Gasteiger charge is -2.19. The topological polar surface area (TPSA) is 180 Å². The van der Waals surface area contributed by atoms with E-state index in [9.17, 15) is 34.8 Å². The summed E-state index contributed by atoms with van der Waals surface area (Å²) in [4.78, 5) is 38.3. The maximum atomic E-state index is 13.3. The number of esters is 2. The number of aliphatic hydroxyl groups excluding tert-OH is 2. The summed E-state index contributed by atoms with van der Waals surface area (Å²) in [5.41, 5.74) is -1.63. The van der Waals surface area contributed by atoms with Crippen LogP contribution in [0.3, 0.4) is 0 Å². The average Bonchev–Trinajstić information content (AvgIpc) is 2.74. The molecular weight excluding hydrogens is 428 g/mol. The van der Waals surface area contributed by atoms with Crippen LogP contribution in [-0.4, -0.2) is 76.8 Å². The molecule has 0 aliphatic carbocycles. The molecule has 0 radical (unpaired) electrons. The number of ketones is 1. The Balaban J connectivity index is 2.78. The van der Waals surface area contributed by atoms with Crippen molar-refractivity contribution in [2.45, 2.75) is 13.0 Å². The highest BCUT2D eigenvalue weighted by Crippen LogP contribution is 2.39. The maximum absolute atomic E-state index is 13.3. The Kier molecular flexibility index (Phi) is 7.63. The molecular formula is C21H22O11. The zero-order chi connectivity index (χ0) is 24.2. The normalized spacial score (nSPS) is 11.5. The van der Waals surface area contributed by atoms with Gasteiger partial charge >= 0.3 is 11.9 Å². The van der Waals surface area contributed by atoms with Gasteiger partial charge in [0.15, 0.2) is 0 Å². The van der Waals surface area contributed by atoms with Gasteiger partial charge in [-0.15, -0.1) is 0 Å². The number of aromatic hydroxyl groups is 3. The summed E-state index contributed by atoms with van der Waals surface area (Å²) in [6.45, 7) is 0.213. The van der Waals surface area contributed by atoms with Gasteiger partial charge in [0.25, 0.3) is 0 Å². The van der Waals surface area contributed by atoms with Gasteiger partial charge in [0.05, 0.1) is 32.0 Å². The summed E-state index contributed by atoms with van der Waals surface area (Å²) in [6, 6.07) is 2.77. The number of hydrogen-bond donors (Lipinski definition) is 5. The Hall–Kier alpha value is -3.83. The van der Waals surface area contributed by atoms with Gasteiger partial charge in [-0.25, -0.2) is 9.59 Å². The Bertz CT molecular complexity index is 1040. The van der Waals surface area contributed by atoms with E-state index in [1.165, 1.54) is 6.92 Å². The molecule has 2 aromatic rings. The van der Waals surface area contributed by atoms with E-state index in [1.54, 1.807) is 0 Å². The lowest BCUT2D eigenvalue weighted by Crippen LogP contribution is -2.23. The minimum absolute atomic E-state index is 0.154. The quantitative estimate of drug-likeness (QED) is 0.281. The Labute approximate surface area is 182 Å².